The van der Waals surface area contributed by atoms with Gasteiger partial charge >= 0.3 is 0 Å². The van der Waals surface area contributed by atoms with Crippen LogP contribution < -0.4 is 5.32 Å². The van der Waals surface area contributed by atoms with E-state index in [1.165, 1.54) is 12.3 Å². The van der Waals surface area contributed by atoms with Crippen molar-refractivity contribution < 1.29 is 13.6 Å². The van der Waals surface area contributed by atoms with E-state index in [4.69, 9.17) is 14.1 Å². The summed E-state index contributed by atoms with van der Waals surface area (Å²) in [4.78, 5) is 12.0. The van der Waals surface area contributed by atoms with Gasteiger partial charge in [-0.1, -0.05) is 6.92 Å². The molecule has 0 radical (unpaired) electrons. The van der Waals surface area contributed by atoms with Crippen molar-refractivity contribution in [3.63, 3.8) is 0 Å². The van der Waals surface area contributed by atoms with E-state index < -0.39 is 5.91 Å². The summed E-state index contributed by atoms with van der Waals surface area (Å²) < 4.78 is 10.8. The molecule has 1 N–H and O–H groups in total. The van der Waals surface area contributed by atoms with Crippen molar-refractivity contribution in [2.45, 2.75) is 25.8 Å². The highest BCUT2D eigenvalue weighted by molar-refractivity contribution is 6.01. The smallest absolute Gasteiger partial charge is 0.262 e. The average molecular weight is 296 g/mol. The van der Waals surface area contributed by atoms with E-state index in [1.807, 2.05) is 12.1 Å². The third-order valence-corrected chi connectivity index (χ3v) is 3.78. The molecule has 22 heavy (non-hydrogen) atoms. The van der Waals surface area contributed by atoms with E-state index in [0.29, 0.717) is 23.4 Å². The van der Waals surface area contributed by atoms with E-state index in [0.717, 1.165) is 12.2 Å². The van der Waals surface area contributed by atoms with Crippen LogP contribution in [-0.2, 0) is 11.3 Å². The molecule has 1 aliphatic rings. The monoisotopic (exact) mass is 296 g/mol. The second kappa shape index (κ2) is 5.94. The van der Waals surface area contributed by atoms with Gasteiger partial charge in [-0.3, -0.25) is 4.79 Å². The van der Waals surface area contributed by atoms with Gasteiger partial charge in [-0.2, -0.15) is 5.26 Å². The Morgan fingerprint density at radius 1 is 1.50 bits per heavy atom. The molecule has 1 aliphatic carbocycles. The maximum absolute atomic E-state index is 12.0. The Hall–Kier alpha value is -2.74. The first-order valence-electron chi connectivity index (χ1n) is 7.19. The summed E-state index contributed by atoms with van der Waals surface area (Å²) in [6, 6.07) is 9.10. The van der Waals surface area contributed by atoms with Gasteiger partial charge < -0.3 is 14.2 Å². The van der Waals surface area contributed by atoms with Crippen LogP contribution in [0.25, 0.3) is 6.08 Å². The molecule has 1 saturated carbocycles. The van der Waals surface area contributed by atoms with Crippen LogP contribution in [0.15, 0.2) is 44.9 Å². The summed E-state index contributed by atoms with van der Waals surface area (Å²) >= 11 is 0. The number of nitrogens with one attached hydrogen (secondary N) is 1. The SMILES string of the molecule is C[C@@H]1C[C@@H]1c1ccc(/C=C(\C#N)C(=O)NCc2ccco2)o1. The lowest BCUT2D eigenvalue weighted by molar-refractivity contribution is -0.117. The number of carbonyl (C=O) groups is 1. The van der Waals surface area contributed by atoms with Crippen molar-refractivity contribution in [1.82, 2.24) is 5.32 Å². The van der Waals surface area contributed by atoms with Crippen LogP contribution in [0.5, 0.6) is 0 Å². The summed E-state index contributed by atoms with van der Waals surface area (Å²) in [5.41, 5.74) is 0.0105. The third kappa shape index (κ3) is 3.12. The summed E-state index contributed by atoms with van der Waals surface area (Å²) in [5, 5.41) is 11.8. The number of hydrogen-bond acceptors (Lipinski definition) is 4. The molecule has 0 saturated heterocycles. The van der Waals surface area contributed by atoms with Gasteiger partial charge in [0.2, 0.25) is 0 Å². The summed E-state index contributed by atoms with van der Waals surface area (Å²) in [6.45, 7) is 2.42. The maximum atomic E-state index is 12.0. The van der Waals surface area contributed by atoms with Crippen molar-refractivity contribution in [2.75, 3.05) is 0 Å². The zero-order valence-electron chi connectivity index (χ0n) is 12.2. The molecule has 112 valence electrons. The molecule has 0 bridgehead atoms. The second-order valence-corrected chi connectivity index (χ2v) is 5.49. The van der Waals surface area contributed by atoms with Crippen LogP contribution >= 0.6 is 0 Å². The van der Waals surface area contributed by atoms with E-state index in [9.17, 15) is 4.79 Å². The first-order valence-corrected chi connectivity index (χ1v) is 7.19. The minimum Gasteiger partial charge on any atom is -0.467 e. The number of rotatable bonds is 5. The second-order valence-electron chi connectivity index (χ2n) is 5.49. The molecule has 0 aliphatic heterocycles. The lowest BCUT2D eigenvalue weighted by Gasteiger charge is -2.01. The van der Waals surface area contributed by atoms with Crippen LogP contribution in [-0.4, -0.2) is 5.91 Å². The van der Waals surface area contributed by atoms with Gasteiger partial charge in [0.25, 0.3) is 5.91 Å². The number of hydrogen-bond donors (Lipinski definition) is 1. The van der Waals surface area contributed by atoms with Crippen molar-refractivity contribution in [2.24, 2.45) is 5.92 Å². The average Bonchev–Trinajstić information content (AvgIpc) is 2.97. The molecule has 1 amide bonds. The fraction of sp³-hybridized carbons (Fsp3) is 0.294. The molecule has 2 aromatic heterocycles. The molecule has 2 heterocycles. The molecule has 2 aromatic rings. The highest BCUT2D eigenvalue weighted by Gasteiger charge is 2.36. The maximum Gasteiger partial charge on any atom is 0.262 e. The predicted octanol–water partition coefficient (Wildman–Crippen LogP) is 3.22. The van der Waals surface area contributed by atoms with Gasteiger partial charge in [-0.25, -0.2) is 0 Å². The van der Waals surface area contributed by atoms with E-state index in [2.05, 4.69) is 12.2 Å². The van der Waals surface area contributed by atoms with Crippen LogP contribution in [0, 0.1) is 17.2 Å². The van der Waals surface area contributed by atoms with E-state index in [1.54, 1.807) is 18.2 Å². The largest absolute Gasteiger partial charge is 0.467 e. The van der Waals surface area contributed by atoms with Gasteiger partial charge in [0, 0.05) is 12.0 Å². The first-order chi connectivity index (χ1) is 10.7. The zero-order chi connectivity index (χ0) is 15.5. The number of furan rings is 2. The van der Waals surface area contributed by atoms with Crippen molar-refractivity contribution in [1.29, 1.82) is 5.26 Å². The Morgan fingerprint density at radius 2 is 2.32 bits per heavy atom. The molecule has 0 unspecified atom stereocenters. The molecule has 0 spiro atoms. The van der Waals surface area contributed by atoms with Gasteiger partial charge in [0.05, 0.1) is 12.8 Å². The van der Waals surface area contributed by atoms with Gasteiger partial charge in [-0.15, -0.1) is 0 Å². The molecule has 1 fully saturated rings. The van der Waals surface area contributed by atoms with Crippen molar-refractivity contribution in [3.8, 4) is 6.07 Å². The number of amides is 1. The minimum absolute atomic E-state index is 0.0105. The van der Waals surface area contributed by atoms with Crippen molar-refractivity contribution >= 4 is 12.0 Å². The van der Waals surface area contributed by atoms with Gasteiger partial charge in [-0.05, 0) is 36.6 Å². The van der Waals surface area contributed by atoms with E-state index >= 15 is 0 Å². The Bertz CT molecular complexity index is 734. The molecule has 3 rings (SSSR count). The lowest BCUT2D eigenvalue weighted by atomic mass is 10.2. The third-order valence-electron chi connectivity index (χ3n) is 3.78. The van der Waals surface area contributed by atoms with Crippen LogP contribution in [0.1, 0.15) is 36.5 Å². The van der Waals surface area contributed by atoms with Gasteiger partial charge in [0.15, 0.2) is 0 Å². The first kappa shape index (κ1) is 14.2. The number of nitriles is 1. The Morgan fingerprint density at radius 3 is 2.95 bits per heavy atom. The highest BCUT2D eigenvalue weighted by atomic mass is 16.3. The Labute approximate surface area is 128 Å². The standard InChI is InChI=1S/C17H16N2O3/c1-11-7-15(11)16-5-4-13(22-16)8-12(9-18)17(20)19-10-14-3-2-6-21-14/h2-6,8,11,15H,7,10H2,1H3,(H,19,20)/b12-8+/t11-,15+/m1/s1. The van der Waals surface area contributed by atoms with E-state index in [-0.39, 0.29) is 12.1 Å². The number of nitrogens with zero attached hydrogens (tertiary/aromatic N) is 1. The van der Waals surface area contributed by atoms with Crippen LogP contribution in [0.4, 0.5) is 0 Å². The molecule has 2 atom stereocenters. The minimum atomic E-state index is -0.448. The molecule has 5 nitrogen and oxygen atoms in total. The predicted molar refractivity (Wildman–Crippen MR) is 79.4 cm³/mol. The summed E-state index contributed by atoms with van der Waals surface area (Å²) in [6.07, 6.45) is 4.13. The van der Waals surface area contributed by atoms with Crippen LogP contribution in [0.2, 0.25) is 0 Å². The van der Waals surface area contributed by atoms with Crippen molar-refractivity contribution in [3.05, 3.63) is 53.4 Å². The number of carbonyl (C=O) groups excluding carboxylic acids is 1. The van der Waals surface area contributed by atoms with Crippen LogP contribution in [0.3, 0.4) is 0 Å². The van der Waals surface area contributed by atoms with Gasteiger partial charge in [0.1, 0.15) is 28.9 Å². The zero-order valence-corrected chi connectivity index (χ0v) is 12.2. The molecular weight excluding hydrogens is 280 g/mol. The molecule has 5 heteroatoms. The summed E-state index contributed by atoms with van der Waals surface area (Å²) in [5.74, 6) is 2.76. The highest BCUT2D eigenvalue weighted by Crippen LogP contribution is 2.47. The lowest BCUT2D eigenvalue weighted by Crippen LogP contribution is -2.23. The fourth-order valence-corrected chi connectivity index (χ4v) is 2.33. The Balaban J connectivity index is 1.66. The molecule has 0 aromatic carbocycles. The summed E-state index contributed by atoms with van der Waals surface area (Å²) in [7, 11) is 0. The Kier molecular flexibility index (Phi) is 3.84. The fourth-order valence-electron chi connectivity index (χ4n) is 2.33. The topological polar surface area (TPSA) is 79.2 Å². The quantitative estimate of drug-likeness (QED) is 0.678. The molecular formula is C17H16N2O3. The normalized spacial score (nSPS) is 20.5.